The summed E-state index contributed by atoms with van der Waals surface area (Å²) in [4.78, 5) is 24.3. The SMILES string of the molecule is C[C@@H](NC(=O)c1ccco1)C(=O)Nc1cccc2c1CCCC2. The second-order valence-corrected chi connectivity index (χ2v) is 5.81. The van der Waals surface area contributed by atoms with Crippen molar-refractivity contribution in [1.82, 2.24) is 5.32 Å². The zero-order chi connectivity index (χ0) is 16.2. The van der Waals surface area contributed by atoms with Crippen LogP contribution >= 0.6 is 0 Å². The molecule has 1 aromatic carbocycles. The van der Waals surface area contributed by atoms with Crippen LogP contribution in [0.1, 0.15) is 41.4 Å². The molecule has 0 fully saturated rings. The van der Waals surface area contributed by atoms with Crippen LogP contribution in [0, 0.1) is 0 Å². The van der Waals surface area contributed by atoms with Crippen LogP contribution in [0.5, 0.6) is 0 Å². The number of anilines is 1. The summed E-state index contributed by atoms with van der Waals surface area (Å²) >= 11 is 0. The molecule has 1 heterocycles. The molecule has 0 radical (unpaired) electrons. The summed E-state index contributed by atoms with van der Waals surface area (Å²) in [5, 5.41) is 5.57. The molecule has 1 atom stereocenters. The smallest absolute Gasteiger partial charge is 0.287 e. The number of rotatable bonds is 4. The minimum absolute atomic E-state index is 0.196. The predicted molar refractivity (Wildman–Crippen MR) is 87.3 cm³/mol. The van der Waals surface area contributed by atoms with Crippen molar-refractivity contribution in [3.8, 4) is 0 Å². The number of hydrogen-bond acceptors (Lipinski definition) is 3. The molecule has 0 saturated heterocycles. The topological polar surface area (TPSA) is 71.3 Å². The number of amides is 2. The summed E-state index contributed by atoms with van der Waals surface area (Å²) in [6, 6.07) is 8.55. The highest BCUT2D eigenvalue weighted by Crippen LogP contribution is 2.27. The van der Waals surface area contributed by atoms with Gasteiger partial charge < -0.3 is 15.1 Å². The average molecular weight is 312 g/mol. The van der Waals surface area contributed by atoms with E-state index in [1.165, 1.54) is 23.8 Å². The molecule has 1 aliphatic rings. The van der Waals surface area contributed by atoms with Crippen LogP contribution in [-0.2, 0) is 17.6 Å². The second-order valence-electron chi connectivity index (χ2n) is 5.81. The Morgan fingerprint density at radius 3 is 2.74 bits per heavy atom. The van der Waals surface area contributed by atoms with Crippen molar-refractivity contribution in [2.45, 2.75) is 38.6 Å². The maximum Gasteiger partial charge on any atom is 0.287 e. The Bertz CT molecular complexity index is 707. The van der Waals surface area contributed by atoms with Crippen LogP contribution in [0.15, 0.2) is 41.0 Å². The molecule has 2 aromatic rings. The Labute approximate surface area is 135 Å². The lowest BCUT2D eigenvalue weighted by Crippen LogP contribution is -2.41. The number of furan rings is 1. The molecule has 0 unspecified atom stereocenters. The van der Waals surface area contributed by atoms with E-state index < -0.39 is 11.9 Å². The fraction of sp³-hybridized carbons (Fsp3) is 0.333. The maximum atomic E-state index is 12.3. The quantitative estimate of drug-likeness (QED) is 0.912. The number of aryl methyl sites for hydroxylation is 1. The van der Waals surface area contributed by atoms with Gasteiger partial charge in [0.2, 0.25) is 5.91 Å². The van der Waals surface area contributed by atoms with E-state index in [0.29, 0.717) is 0 Å². The molecule has 5 nitrogen and oxygen atoms in total. The summed E-state index contributed by atoms with van der Waals surface area (Å²) in [6.07, 6.45) is 5.81. The molecular formula is C18H20N2O3. The molecule has 2 amide bonds. The van der Waals surface area contributed by atoms with E-state index in [4.69, 9.17) is 4.42 Å². The van der Waals surface area contributed by atoms with Gasteiger partial charge in [-0.25, -0.2) is 0 Å². The largest absolute Gasteiger partial charge is 0.459 e. The van der Waals surface area contributed by atoms with Gasteiger partial charge in [0, 0.05) is 5.69 Å². The average Bonchev–Trinajstić information content (AvgIpc) is 3.09. The molecule has 23 heavy (non-hydrogen) atoms. The molecule has 1 aromatic heterocycles. The third-order valence-corrected chi connectivity index (χ3v) is 4.14. The van der Waals surface area contributed by atoms with Crippen LogP contribution in [0.2, 0.25) is 0 Å². The van der Waals surface area contributed by atoms with Gasteiger partial charge in [-0.2, -0.15) is 0 Å². The van der Waals surface area contributed by atoms with Gasteiger partial charge in [0.1, 0.15) is 6.04 Å². The number of nitrogens with one attached hydrogen (secondary N) is 2. The number of carbonyl (C=O) groups is 2. The molecular weight excluding hydrogens is 292 g/mol. The molecule has 1 aliphatic carbocycles. The van der Waals surface area contributed by atoms with Crippen molar-refractivity contribution in [1.29, 1.82) is 0 Å². The molecule has 5 heteroatoms. The van der Waals surface area contributed by atoms with Gasteiger partial charge in [-0.1, -0.05) is 12.1 Å². The fourth-order valence-electron chi connectivity index (χ4n) is 2.88. The lowest BCUT2D eigenvalue weighted by atomic mass is 9.90. The maximum absolute atomic E-state index is 12.3. The van der Waals surface area contributed by atoms with Crippen LogP contribution in [0.4, 0.5) is 5.69 Å². The van der Waals surface area contributed by atoms with Crippen LogP contribution in [0.3, 0.4) is 0 Å². The molecule has 3 rings (SSSR count). The third-order valence-electron chi connectivity index (χ3n) is 4.14. The van der Waals surface area contributed by atoms with Crippen molar-refractivity contribution < 1.29 is 14.0 Å². The van der Waals surface area contributed by atoms with E-state index in [9.17, 15) is 9.59 Å². The molecule has 2 N–H and O–H groups in total. The van der Waals surface area contributed by atoms with Crippen molar-refractivity contribution in [2.24, 2.45) is 0 Å². The van der Waals surface area contributed by atoms with Crippen LogP contribution in [-0.4, -0.2) is 17.9 Å². The highest BCUT2D eigenvalue weighted by Gasteiger charge is 2.20. The zero-order valence-corrected chi connectivity index (χ0v) is 13.1. The Kier molecular flexibility index (Phi) is 4.46. The lowest BCUT2D eigenvalue weighted by Gasteiger charge is -2.21. The minimum Gasteiger partial charge on any atom is -0.459 e. The fourth-order valence-corrected chi connectivity index (χ4v) is 2.88. The Hall–Kier alpha value is -2.56. The van der Waals surface area contributed by atoms with Crippen molar-refractivity contribution in [3.63, 3.8) is 0 Å². The first-order chi connectivity index (χ1) is 11.1. The number of fused-ring (bicyclic) bond motifs is 1. The van der Waals surface area contributed by atoms with E-state index in [1.54, 1.807) is 19.1 Å². The number of hydrogen-bond donors (Lipinski definition) is 2. The highest BCUT2D eigenvalue weighted by atomic mass is 16.3. The zero-order valence-electron chi connectivity index (χ0n) is 13.1. The lowest BCUT2D eigenvalue weighted by molar-refractivity contribution is -0.117. The summed E-state index contributed by atoms with van der Waals surface area (Å²) in [6.45, 7) is 1.66. The molecule has 0 spiro atoms. The van der Waals surface area contributed by atoms with Gasteiger partial charge in [0.25, 0.3) is 5.91 Å². The van der Waals surface area contributed by atoms with Gasteiger partial charge in [-0.15, -0.1) is 0 Å². The van der Waals surface area contributed by atoms with Gasteiger partial charge in [0.15, 0.2) is 5.76 Å². The van der Waals surface area contributed by atoms with E-state index in [2.05, 4.69) is 16.7 Å². The summed E-state index contributed by atoms with van der Waals surface area (Å²) < 4.78 is 5.02. The Morgan fingerprint density at radius 1 is 1.13 bits per heavy atom. The van der Waals surface area contributed by atoms with Gasteiger partial charge >= 0.3 is 0 Å². The van der Waals surface area contributed by atoms with E-state index in [-0.39, 0.29) is 11.7 Å². The highest BCUT2D eigenvalue weighted by molar-refractivity contribution is 6.00. The summed E-state index contributed by atoms with van der Waals surface area (Å²) in [7, 11) is 0. The van der Waals surface area contributed by atoms with Crippen molar-refractivity contribution in [2.75, 3.05) is 5.32 Å². The predicted octanol–water partition coefficient (Wildman–Crippen LogP) is 2.92. The standard InChI is InChI=1S/C18H20N2O3/c1-12(19-18(22)16-10-5-11-23-16)17(21)20-15-9-4-7-13-6-2-3-8-14(13)15/h4-5,7,9-12H,2-3,6,8H2,1H3,(H,19,22)(H,20,21)/t12-/m1/s1. The minimum atomic E-state index is -0.646. The summed E-state index contributed by atoms with van der Waals surface area (Å²) in [5.74, 6) is -0.432. The van der Waals surface area contributed by atoms with Crippen molar-refractivity contribution in [3.05, 3.63) is 53.5 Å². The number of carbonyl (C=O) groups excluding carboxylic acids is 2. The Balaban J connectivity index is 1.66. The molecule has 0 saturated carbocycles. The van der Waals surface area contributed by atoms with E-state index in [0.717, 1.165) is 24.9 Å². The molecule has 0 bridgehead atoms. The van der Waals surface area contributed by atoms with E-state index in [1.807, 2.05) is 12.1 Å². The van der Waals surface area contributed by atoms with E-state index >= 15 is 0 Å². The summed E-state index contributed by atoms with van der Waals surface area (Å²) in [5.41, 5.74) is 3.38. The first-order valence-electron chi connectivity index (χ1n) is 7.91. The van der Waals surface area contributed by atoms with Crippen molar-refractivity contribution >= 4 is 17.5 Å². The normalized spacial score (nSPS) is 14.7. The van der Waals surface area contributed by atoms with Gasteiger partial charge in [-0.3, -0.25) is 9.59 Å². The Morgan fingerprint density at radius 2 is 1.96 bits per heavy atom. The van der Waals surface area contributed by atoms with Crippen LogP contribution < -0.4 is 10.6 Å². The first-order valence-corrected chi connectivity index (χ1v) is 7.91. The second kappa shape index (κ2) is 6.69. The van der Waals surface area contributed by atoms with Crippen LogP contribution in [0.25, 0.3) is 0 Å². The van der Waals surface area contributed by atoms with Gasteiger partial charge in [0.05, 0.1) is 6.26 Å². The molecule has 120 valence electrons. The number of benzene rings is 1. The monoisotopic (exact) mass is 312 g/mol. The molecule has 0 aliphatic heterocycles. The third kappa shape index (κ3) is 3.44. The van der Waals surface area contributed by atoms with Gasteiger partial charge in [-0.05, 0) is 61.9 Å². The first kappa shape index (κ1) is 15.3.